The van der Waals surface area contributed by atoms with E-state index in [0.717, 1.165) is 24.2 Å². The van der Waals surface area contributed by atoms with E-state index >= 15 is 0 Å². The maximum Gasteiger partial charge on any atom is 0.261 e. The Morgan fingerprint density at radius 3 is 2.32 bits per heavy atom. The molecule has 3 aromatic rings. The van der Waals surface area contributed by atoms with E-state index in [9.17, 15) is 14.0 Å². The molecule has 0 unspecified atom stereocenters. The van der Waals surface area contributed by atoms with Crippen LogP contribution in [-0.4, -0.2) is 40.8 Å². The lowest BCUT2D eigenvalue weighted by Crippen LogP contribution is -2.45. The smallest absolute Gasteiger partial charge is 0.261 e. The van der Waals surface area contributed by atoms with Crippen molar-refractivity contribution in [1.82, 2.24) is 9.80 Å². The second kappa shape index (κ2) is 10.7. The third-order valence-electron chi connectivity index (χ3n) is 5.57. The van der Waals surface area contributed by atoms with Crippen LogP contribution >= 0.6 is 11.6 Å². The van der Waals surface area contributed by atoms with Gasteiger partial charge in [0.15, 0.2) is 6.61 Å². The normalized spacial score (nSPS) is 12.9. The van der Waals surface area contributed by atoms with Crippen molar-refractivity contribution in [3.63, 3.8) is 0 Å². The lowest BCUT2D eigenvalue weighted by Gasteiger charge is -2.27. The van der Waals surface area contributed by atoms with Gasteiger partial charge in [0.1, 0.15) is 29.6 Å². The third-order valence-corrected chi connectivity index (χ3v) is 5.82. The highest BCUT2D eigenvalue weighted by Gasteiger charge is 2.35. The van der Waals surface area contributed by atoms with Gasteiger partial charge in [-0.15, -0.1) is 0 Å². The van der Waals surface area contributed by atoms with Gasteiger partial charge >= 0.3 is 0 Å². The predicted molar refractivity (Wildman–Crippen MR) is 126 cm³/mol. The van der Waals surface area contributed by atoms with Crippen LogP contribution in [0.2, 0.25) is 5.02 Å². The molecule has 8 heteroatoms. The van der Waals surface area contributed by atoms with Gasteiger partial charge in [0.2, 0.25) is 5.91 Å². The number of amides is 2. The zero-order chi connectivity index (χ0) is 24.1. The number of benzene rings is 2. The summed E-state index contributed by atoms with van der Waals surface area (Å²) in [6.07, 6.45) is 1.71. The molecule has 2 amide bonds. The number of nitrogens with zero attached hydrogens (tertiary/aromatic N) is 2. The Balaban J connectivity index is 1.44. The number of furan rings is 1. The molecule has 1 saturated carbocycles. The number of ether oxygens (including phenoxy) is 1. The molecule has 0 saturated heterocycles. The molecule has 0 radical (unpaired) electrons. The van der Waals surface area contributed by atoms with E-state index in [1.165, 1.54) is 12.1 Å². The van der Waals surface area contributed by atoms with Crippen LogP contribution in [0.1, 0.15) is 29.9 Å². The molecule has 34 heavy (non-hydrogen) atoms. The molecule has 1 aliphatic carbocycles. The van der Waals surface area contributed by atoms with E-state index in [2.05, 4.69) is 0 Å². The standard InChI is InChI=1S/C26H26ClFN2O4/c1-18-2-11-24(34-18)15-29(14-19-3-7-21(28)8-4-19)25(31)16-30(22-9-10-22)26(32)17-33-23-12-5-20(27)6-13-23/h2-8,11-13,22H,9-10,14-17H2,1H3. The van der Waals surface area contributed by atoms with E-state index in [-0.39, 0.29) is 49.9 Å². The van der Waals surface area contributed by atoms with Gasteiger partial charge in [0.05, 0.1) is 6.54 Å². The molecule has 1 aliphatic rings. The van der Waals surface area contributed by atoms with Crippen molar-refractivity contribution in [3.05, 3.63) is 88.6 Å². The molecule has 0 bridgehead atoms. The van der Waals surface area contributed by atoms with Crippen LogP contribution in [0.4, 0.5) is 4.39 Å². The summed E-state index contributed by atoms with van der Waals surface area (Å²) < 4.78 is 24.6. The predicted octanol–water partition coefficient (Wildman–Crippen LogP) is 4.98. The molecule has 2 aromatic carbocycles. The minimum atomic E-state index is -0.338. The van der Waals surface area contributed by atoms with Crippen LogP contribution in [0.25, 0.3) is 0 Å². The Morgan fingerprint density at radius 2 is 1.71 bits per heavy atom. The zero-order valence-electron chi connectivity index (χ0n) is 18.9. The van der Waals surface area contributed by atoms with Crippen molar-refractivity contribution < 1.29 is 23.1 Å². The van der Waals surface area contributed by atoms with Crippen molar-refractivity contribution in [3.8, 4) is 5.75 Å². The summed E-state index contributed by atoms with van der Waals surface area (Å²) in [5, 5.41) is 0.580. The lowest BCUT2D eigenvalue weighted by molar-refractivity contribution is -0.143. The lowest BCUT2D eigenvalue weighted by atomic mass is 10.2. The topological polar surface area (TPSA) is 63.0 Å². The molecule has 178 valence electrons. The number of carbonyl (C=O) groups is 2. The van der Waals surface area contributed by atoms with Gasteiger partial charge in [-0.05, 0) is 73.9 Å². The first-order chi connectivity index (χ1) is 16.4. The largest absolute Gasteiger partial charge is 0.484 e. The summed E-state index contributed by atoms with van der Waals surface area (Å²) in [6, 6.07) is 16.5. The summed E-state index contributed by atoms with van der Waals surface area (Å²) in [5.74, 6) is 1.12. The van der Waals surface area contributed by atoms with E-state index in [1.807, 2.05) is 19.1 Å². The van der Waals surface area contributed by atoms with E-state index in [1.54, 1.807) is 46.2 Å². The second-order valence-electron chi connectivity index (χ2n) is 8.38. The molecule has 1 aromatic heterocycles. The summed E-state index contributed by atoms with van der Waals surface area (Å²) in [4.78, 5) is 29.5. The van der Waals surface area contributed by atoms with Crippen LogP contribution in [0.3, 0.4) is 0 Å². The van der Waals surface area contributed by atoms with Gasteiger partial charge in [0, 0.05) is 17.6 Å². The van der Waals surface area contributed by atoms with Crippen LogP contribution in [-0.2, 0) is 22.7 Å². The number of halogens is 2. The van der Waals surface area contributed by atoms with E-state index < -0.39 is 0 Å². The SMILES string of the molecule is Cc1ccc(CN(Cc2ccc(F)cc2)C(=O)CN(C(=O)COc2ccc(Cl)cc2)C2CC2)o1. The van der Waals surface area contributed by atoms with E-state index in [4.69, 9.17) is 20.8 Å². The highest BCUT2D eigenvalue weighted by atomic mass is 35.5. The Labute approximate surface area is 202 Å². The van der Waals surface area contributed by atoms with Crippen LogP contribution in [0.5, 0.6) is 5.75 Å². The maximum atomic E-state index is 13.3. The number of carbonyl (C=O) groups excluding carboxylic acids is 2. The van der Waals surface area contributed by atoms with Gasteiger partial charge in [-0.2, -0.15) is 0 Å². The molecular formula is C26H26ClFN2O4. The van der Waals surface area contributed by atoms with Crippen LogP contribution < -0.4 is 4.74 Å². The fourth-order valence-electron chi connectivity index (χ4n) is 3.61. The molecule has 0 aliphatic heterocycles. The molecule has 6 nitrogen and oxygen atoms in total. The molecule has 1 fully saturated rings. The Kier molecular flexibility index (Phi) is 7.53. The minimum Gasteiger partial charge on any atom is -0.484 e. The molecule has 0 N–H and O–H groups in total. The average Bonchev–Trinajstić information content (AvgIpc) is 3.58. The average molecular weight is 485 g/mol. The quantitative estimate of drug-likeness (QED) is 0.407. The number of rotatable bonds is 10. The minimum absolute atomic E-state index is 0.0313. The molecule has 0 atom stereocenters. The second-order valence-corrected chi connectivity index (χ2v) is 8.82. The number of hydrogen-bond acceptors (Lipinski definition) is 4. The first-order valence-corrected chi connectivity index (χ1v) is 11.5. The number of hydrogen-bond donors (Lipinski definition) is 0. The first kappa shape index (κ1) is 23.8. The molecule has 1 heterocycles. The monoisotopic (exact) mass is 484 g/mol. The van der Waals surface area contributed by atoms with Gasteiger partial charge in [0.25, 0.3) is 5.91 Å². The Bertz CT molecular complexity index is 1130. The summed E-state index contributed by atoms with van der Waals surface area (Å²) in [7, 11) is 0. The summed E-state index contributed by atoms with van der Waals surface area (Å²) in [6.45, 7) is 2.13. The van der Waals surface area contributed by atoms with Crippen LogP contribution in [0, 0.1) is 12.7 Å². The van der Waals surface area contributed by atoms with Crippen molar-refractivity contribution in [2.45, 2.75) is 38.9 Å². The van der Waals surface area contributed by atoms with Crippen molar-refractivity contribution >= 4 is 23.4 Å². The fourth-order valence-corrected chi connectivity index (χ4v) is 3.74. The van der Waals surface area contributed by atoms with Crippen LogP contribution in [0.15, 0.2) is 65.1 Å². The van der Waals surface area contributed by atoms with Crippen molar-refractivity contribution in [2.75, 3.05) is 13.2 Å². The third kappa shape index (κ3) is 6.60. The van der Waals surface area contributed by atoms with Crippen molar-refractivity contribution in [1.29, 1.82) is 0 Å². The molecule has 4 rings (SSSR count). The van der Waals surface area contributed by atoms with Crippen molar-refractivity contribution in [2.24, 2.45) is 0 Å². The highest BCUT2D eigenvalue weighted by Crippen LogP contribution is 2.27. The highest BCUT2D eigenvalue weighted by molar-refractivity contribution is 6.30. The fraction of sp³-hybridized carbons (Fsp3) is 0.308. The first-order valence-electron chi connectivity index (χ1n) is 11.1. The summed E-state index contributed by atoms with van der Waals surface area (Å²) in [5.41, 5.74) is 0.786. The van der Waals surface area contributed by atoms with E-state index in [0.29, 0.717) is 16.5 Å². The maximum absolute atomic E-state index is 13.3. The summed E-state index contributed by atoms with van der Waals surface area (Å²) >= 11 is 5.89. The molecule has 0 spiro atoms. The van der Waals surface area contributed by atoms with Gasteiger partial charge in [-0.25, -0.2) is 4.39 Å². The molecular weight excluding hydrogens is 459 g/mol. The Morgan fingerprint density at radius 1 is 1.00 bits per heavy atom. The Hall–Kier alpha value is -3.32. The van der Waals surface area contributed by atoms with Gasteiger partial charge < -0.3 is 19.0 Å². The van der Waals surface area contributed by atoms with Gasteiger partial charge in [-0.1, -0.05) is 23.7 Å². The number of aryl methyl sites for hydroxylation is 1. The van der Waals surface area contributed by atoms with Gasteiger partial charge in [-0.3, -0.25) is 9.59 Å². The zero-order valence-corrected chi connectivity index (χ0v) is 19.6.